The number of morpholine rings is 1. The van der Waals surface area contributed by atoms with E-state index in [1.807, 2.05) is 0 Å². The molecule has 3 heteroatoms. The Hall–Kier alpha value is -0.900. The molecule has 0 aliphatic carbocycles. The third kappa shape index (κ3) is 5.42. The first-order valence-corrected chi connectivity index (χ1v) is 8.44. The molecular weight excluding hydrogens is 260 g/mol. The van der Waals surface area contributed by atoms with Crippen molar-refractivity contribution in [3.63, 3.8) is 0 Å². The van der Waals surface area contributed by atoms with Crippen LogP contribution in [0.15, 0.2) is 30.3 Å². The molecule has 1 N–H and O–H groups in total. The van der Waals surface area contributed by atoms with Gasteiger partial charge in [0.2, 0.25) is 0 Å². The Bertz CT molecular complexity index is 380. The van der Waals surface area contributed by atoms with Gasteiger partial charge in [0.1, 0.15) is 0 Å². The summed E-state index contributed by atoms with van der Waals surface area (Å²) in [6, 6.07) is 11.2. The van der Waals surface area contributed by atoms with Gasteiger partial charge in [0.05, 0.1) is 12.7 Å². The van der Waals surface area contributed by atoms with Crippen LogP contribution >= 0.6 is 0 Å². The number of ether oxygens (including phenoxy) is 1. The fraction of sp³-hybridized carbons (Fsp3) is 0.667. The molecule has 21 heavy (non-hydrogen) atoms. The van der Waals surface area contributed by atoms with Crippen molar-refractivity contribution in [1.29, 1.82) is 0 Å². The van der Waals surface area contributed by atoms with Gasteiger partial charge in [-0.15, -0.1) is 0 Å². The number of likely N-dealkylation sites (N-methyl/N-ethyl adjacent to an activating group) is 1. The van der Waals surface area contributed by atoms with Crippen molar-refractivity contribution in [3.8, 4) is 0 Å². The molecule has 2 rings (SSSR count). The van der Waals surface area contributed by atoms with Crippen LogP contribution in [-0.2, 0) is 11.2 Å². The van der Waals surface area contributed by atoms with Gasteiger partial charge < -0.3 is 10.1 Å². The Labute approximate surface area is 129 Å². The van der Waals surface area contributed by atoms with Gasteiger partial charge in [-0.25, -0.2) is 0 Å². The van der Waals surface area contributed by atoms with Crippen LogP contribution < -0.4 is 5.32 Å². The Morgan fingerprint density at radius 3 is 2.81 bits per heavy atom. The maximum absolute atomic E-state index is 6.05. The molecule has 0 radical (unpaired) electrons. The van der Waals surface area contributed by atoms with Crippen molar-refractivity contribution in [2.75, 3.05) is 32.8 Å². The fourth-order valence-electron chi connectivity index (χ4n) is 3.14. The number of aryl methyl sites for hydroxylation is 1. The SMILES string of the molecule is CCCN1CCOC(C(CCc2ccccc2)NCC)C1. The Balaban J connectivity index is 1.88. The fourth-order valence-corrected chi connectivity index (χ4v) is 3.14. The van der Waals surface area contributed by atoms with Gasteiger partial charge in [-0.1, -0.05) is 44.2 Å². The molecule has 1 aromatic rings. The van der Waals surface area contributed by atoms with E-state index < -0.39 is 0 Å². The minimum Gasteiger partial charge on any atom is -0.374 e. The van der Waals surface area contributed by atoms with Crippen molar-refractivity contribution in [3.05, 3.63) is 35.9 Å². The average molecular weight is 290 g/mol. The summed E-state index contributed by atoms with van der Waals surface area (Å²) in [4.78, 5) is 2.54. The molecule has 1 heterocycles. The van der Waals surface area contributed by atoms with Crippen LogP contribution in [0.5, 0.6) is 0 Å². The molecule has 0 aromatic heterocycles. The summed E-state index contributed by atoms with van der Waals surface area (Å²) in [7, 11) is 0. The summed E-state index contributed by atoms with van der Waals surface area (Å²) in [6.45, 7) is 9.66. The van der Waals surface area contributed by atoms with Gasteiger partial charge >= 0.3 is 0 Å². The molecule has 0 saturated carbocycles. The van der Waals surface area contributed by atoms with Crippen molar-refractivity contribution in [2.45, 2.75) is 45.3 Å². The summed E-state index contributed by atoms with van der Waals surface area (Å²) >= 11 is 0. The molecule has 118 valence electrons. The van der Waals surface area contributed by atoms with Gasteiger partial charge in [-0.3, -0.25) is 4.90 Å². The Morgan fingerprint density at radius 1 is 1.29 bits per heavy atom. The third-order valence-corrected chi connectivity index (χ3v) is 4.22. The monoisotopic (exact) mass is 290 g/mol. The lowest BCUT2D eigenvalue weighted by molar-refractivity contribution is -0.0472. The smallest absolute Gasteiger partial charge is 0.0855 e. The van der Waals surface area contributed by atoms with Crippen LogP contribution in [0.3, 0.4) is 0 Å². The zero-order valence-electron chi connectivity index (χ0n) is 13.6. The van der Waals surface area contributed by atoms with Crippen molar-refractivity contribution in [1.82, 2.24) is 10.2 Å². The Morgan fingerprint density at radius 2 is 2.10 bits per heavy atom. The van der Waals surface area contributed by atoms with E-state index in [0.29, 0.717) is 12.1 Å². The van der Waals surface area contributed by atoms with E-state index in [2.05, 4.69) is 54.4 Å². The molecule has 1 aromatic carbocycles. The van der Waals surface area contributed by atoms with Gasteiger partial charge in [-0.05, 0) is 37.9 Å². The van der Waals surface area contributed by atoms with E-state index in [9.17, 15) is 0 Å². The summed E-state index contributed by atoms with van der Waals surface area (Å²) < 4.78 is 6.05. The van der Waals surface area contributed by atoms with Crippen LogP contribution in [0.4, 0.5) is 0 Å². The van der Waals surface area contributed by atoms with E-state index in [1.54, 1.807) is 0 Å². The molecule has 1 aliphatic rings. The van der Waals surface area contributed by atoms with E-state index >= 15 is 0 Å². The number of rotatable bonds is 8. The van der Waals surface area contributed by atoms with Crippen LogP contribution in [0, 0.1) is 0 Å². The second-order valence-electron chi connectivity index (χ2n) is 5.90. The highest BCUT2D eigenvalue weighted by Crippen LogP contribution is 2.14. The number of nitrogens with zero attached hydrogens (tertiary/aromatic N) is 1. The number of hydrogen-bond acceptors (Lipinski definition) is 3. The standard InChI is InChI=1S/C18H30N2O/c1-3-12-20-13-14-21-18(15-20)17(19-4-2)11-10-16-8-6-5-7-9-16/h5-9,17-19H,3-4,10-15H2,1-2H3. The lowest BCUT2D eigenvalue weighted by Crippen LogP contribution is -2.52. The summed E-state index contributed by atoms with van der Waals surface area (Å²) in [5.41, 5.74) is 1.42. The van der Waals surface area contributed by atoms with E-state index in [1.165, 1.54) is 18.5 Å². The second-order valence-corrected chi connectivity index (χ2v) is 5.90. The van der Waals surface area contributed by atoms with Crippen molar-refractivity contribution >= 4 is 0 Å². The number of nitrogens with one attached hydrogen (secondary N) is 1. The molecule has 1 fully saturated rings. The highest BCUT2D eigenvalue weighted by atomic mass is 16.5. The maximum atomic E-state index is 6.05. The molecule has 0 spiro atoms. The predicted octanol–water partition coefficient (Wildman–Crippen LogP) is 2.71. The molecular formula is C18H30N2O. The molecule has 0 amide bonds. The van der Waals surface area contributed by atoms with E-state index in [0.717, 1.165) is 39.1 Å². The van der Waals surface area contributed by atoms with Crippen molar-refractivity contribution in [2.24, 2.45) is 0 Å². The Kier molecular flexibility index (Phi) is 7.20. The zero-order valence-corrected chi connectivity index (χ0v) is 13.6. The number of benzene rings is 1. The largest absolute Gasteiger partial charge is 0.374 e. The van der Waals surface area contributed by atoms with Crippen LogP contribution in [-0.4, -0.2) is 49.8 Å². The molecule has 0 bridgehead atoms. The first kappa shape index (κ1) is 16.5. The lowest BCUT2D eigenvalue weighted by atomic mass is 10.00. The van der Waals surface area contributed by atoms with E-state index in [4.69, 9.17) is 4.74 Å². The zero-order chi connectivity index (χ0) is 14.9. The molecule has 2 unspecified atom stereocenters. The minimum absolute atomic E-state index is 0.328. The lowest BCUT2D eigenvalue weighted by Gasteiger charge is -2.37. The summed E-state index contributed by atoms with van der Waals surface area (Å²) in [5.74, 6) is 0. The first-order valence-electron chi connectivity index (χ1n) is 8.44. The third-order valence-electron chi connectivity index (χ3n) is 4.22. The summed E-state index contributed by atoms with van der Waals surface area (Å²) in [6.07, 6.45) is 3.81. The van der Waals surface area contributed by atoms with Gasteiger partial charge in [0, 0.05) is 19.1 Å². The van der Waals surface area contributed by atoms with E-state index in [-0.39, 0.29) is 0 Å². The molecule has 1 saturated heterocycles. The quantitative estimate of drug-likeness (QED) is 0.797. The van der Waals surface area contributed by atoms with Crippen LogP contribution in [0.25, 0.3) is 0 Å². The second kappa shape index (κ2) is 9.19. The van der Waals surface area contributed by atoms with Gasteiger partial charge in [0.15, 0.2) is 0 Å². The average Bonchev–Trinajstić information content (AvgIpc) is 2.53. The highest BCUT2D eigenvalue weighted by molar-refractivity contribution is 5.14. The molecule has 1 aliphatic heterocycles. The molecule has 2 atom stereocenters. The normalized spacial score (nSPS) is 21.3. The predicted molar refractivity (Wildman–Crippen MR) is 88.7 cm³/mol. The topological polar surface area (TPSA) is 24.5 Å². The van der Waals surface area contributed by atoms with Gasteiger partial charge in [0.25, 0.3) is 0 Å². The summed E-state index contributed by atoms with van der Waals surface area (Å²) in [5, 5.41) is 3.63. The molecule has 3 nitrogen and oxygen atoms in total. The number of hydrogen-bond donors (Lipinski definition) is 1. The van der Waals surface area contributed by atoms with Crippen LogP contribution in [0.1, 0.15) is 32.3 Å². The van der Waals surface area contributed by atoms with Crippen LogP contribution in [0.2, 0.25) is 0 Å². The minimum atomic E-state index is 0.328. The van der Waals surface area contributed by atoms with Crippen molar-refractivity contribution < 1.29 is 4.74 Å². The maximum Gasteiger partial charge on any atom is 0.0855 e. The van der Waals surface area contributed by atoms with Gasteiger partial charge in [-0.2, -0.15) is 0 Å². The highest BCUT2D eigenvalue weighted by Gasteiger charge is 2.27. The first-order chi connectivity index (χ1) is 10.3.